The SMILES string of the molecule is CCOC(=O)c1nnn(Cc2ccc(C)cc2Cl)c1CCl. The topological polar surface area (TPSA) is 57.0 Å². The van der Waals surface area contributed by atoms with Gasteiger partial charge in [-0.1, -0.05) is 28.9 Å². The van der Waals surface area contributed by atoms with Gasteiger partial charge in [-0.05, 0) is 31.0 Å². The Hall–Kier alpha value is -1.59. The predicted octanol–water partition coefficient (Wildman–Crippen LogP) is 3.20. The Morgan fingerprint density at radius 2 is 2.19 bits per heavy atom. The Morgan fingerprint density at radius 3 is 2.81 bits per heavy atom. The monoisotopic (exact) mass is 327 g/mol. The molecule has 112 valence electrons. The number of carbonyl (C=O) groups excluding carboxylic acids is 1. The highest BCUT2D eigenvalue weighted by Gasteiger charge is 2.20. The molecule has 0 aliphatic carbocycles. The van der Waals surface area contributed by atoms with Crippen molar-refractivity contribution in [1.82, 2.24) is 15.0 Å². The molecule has 0 fully saturated rings. The average Bonchev–Trinajstić information content (AvgIpc) is 2.85. The van der Waals surface area contributed by atoms with Crippen LogP contribution in [0, 0.1) is 6.92 Å². The smallest absolute Gasteiger partial charge is 0.360 e. The molecule has 5 nitrogen and oxygen atoms in total. The Labute approximate surface area is 132 Å². The lowest BCUT2D eigenvalue weighted by atomic mass is 10.1. The molecule has 1 aromatic carbocycles. The van der Waals surface area contributed by atoms with Gasteiger partial charge in [-0.15, -0.1) is 16.7 Å². The molecule has 1 aromatic heterocycles. The molecule has 0 saturated heterocycles. The summed E-state index contributed by atoms with van der Waals surface area (Å²) >= 11 is 12.1. The number of nitrogens with zero attached hydrogens (tertiary/aromatic N) is 3. The average molecular weight is 328 g/mol. The maximum Gasteiger partial charge on any atom is 0.360 e. The Morgan fingerprint density at radius 1 is 1.43 bits per heavy atom. The zero-order chi connectivity index (χ0) is 15.4. The fraction of sp³-hybridized carbons (Fsp3) is 0.357. The minimum absolute atomic E-state index is 0.116. The number of aryl methyl sites for hydroxylation is 1. The van der Waals surface area contributed by atoms with Crippen molar-refractivity contribution in [3.05, 3.63) is 45.7 Å². The minimum atomic E-state index is -0.519. The summed E-state index contributed by atoms with van der Waals surface area (Å²) in [6.07, 6.45) is 0. The van der Waals surface area contributed by atoms with Crippen LogP contribution in [0.15, 0.2) is 18.2 Å². The normalized spacial score (nSPS) is 10.7. The third kappa shape index (κ3) is 3.54. The van der Waals surface area contributed by atoms with Crippen LogP contribution in [-0.4, -0.2) is 27.6 Å². The molecule has 0 amide bonds. The summed E-state index contributed by atoms with van der Waals surface area (Å²) in [6, 6.07) is 5.76. The van der Waals surface area contributed by atoms with Gasteiger partial charge in [0.2, 0.25) is 0 Å². The van der Waals surface area contributed by atoms with Crippen molar-refractivity contribution in [2.24, 2.45) is 0 Å². The molecule has 0 aliphatic heterocycles. The van der Waals surface area contributed by atoms with Crippen LogP contribution in [0.1, 0.15) is 34.2 Å². The van der Waals surface area contributed by atoms with Crippen molar-refractivity contribution in [3.8, 4) is 0 Å². The number of carbonyl (C=O) groups is 1. The number of hydrogen-bond donors (Lipinski definition) is 0. The van der Waals surface area contributed by atoms with Crippen LogP contribution in [0.4, 0.5) is 0 Å². The molecule has 0 atom stereocenters. The molecular formula is C14H15Cl2N3O2. The first-order valence-electron chi connectivity index (χ1n) is 6.47. The summed E-state index contributed by atoms with van der Waals surface area (Å²) in [4.78, 5) is 11.8. The van der Waals surface area contributed by atoms with E-state index in [1.54, 1.807) is 11.6 Å². The van der Waals surface area contributed by atoms with E-state index in [1.807, 2.05) is 25.1 Å². The van der Waals surface area contributed by atoms with Gasteiger partial charge in [0.25, 0.3) is 0 Å². The van der Waals surface area contributed by atoms with Gasteiger partial charge in [0.1, 0.15) is 0 Å². The molecule has 7 heteroatoms. The first-order valence-corrected chi connectivity index (χ1v) is 7.38. The molecule has 2 aromatic rings. The summed E-state index contributed by atoms with van der Waals surface area (Å²) in [5, 5.41) is 8.47. The van der Waals surface area contributed by atoms with Crippen LogP contribution in [0.5, 0.6) is 0 Å². The summed E-state index contributed by atoms with van der Waals surface area (Å²) in [5.41, 5.74) is 2.63. The van der Waals surface area contributed by atoms with Crippen LogP contribution in [0.3, 0.4) is 0 Å². The first-order chi connectivity index (χ1) is 10.1. The van der Waals surface area contributed by atoms with E-state index in [0.717, 1.165) is 11.1 Å². The van der Waals surface area contributed by atoms with E-state index in [-0.39, 0.29) is 18.2 Å². The highest BCUT2D eigenvalue weighted by atomic mass is 35.5. The Balaban J connectivity index is 2.30. The molecule has 0 N–H and O–H groups in total. The number of hydrogen-bond acceptors (Lipinski definition) is 4. The lowest BCUT2D eigenvalue weighted by molar-refractivity contribution is 0.0518. The molecule has 1 heterocycles. The fourth-order valence-corrected chi connectivity index (χ4v) is 2.45. The number of rotatable bonds is 5. The van der Waals surface area contributed by atoms with Crippen LogP contribution in [-0.2, 0) is 17.2 Å². The number of esters is 1. The first kappa shape index (κ1) is 15.8. The molecular weight excluding hydrogens is 313 g/mol. The van der Waals surface area contributed by atoms with E-state index in [0.29, 0.717) is 17.3 Å². The number of benzene rings is 1. The second-order valence-electron chi connectivity index (χ2n) is 4.49. The third-order valence-electron chi connectivity index (χ3n) is 2.96. The number of aromatic nitrogens is 3. The summed E-state index contributed by atoms with van der Waals surface area (Å²) in [6.45, 7) is 4.37. The molecule has 0 radical (unpaired) electrons. The molecule has 0 unspecified atom stereocenters. The van der Waals surface area contributed by atoms with Crippen molar-refractivity contribution in [3.63, 3.8) is 0 Å². The molecule has 0 aliphatic rings. The molecule has 0 spiro atoms. The quantitative estimate of drug-likeness (QED) is 0.625. The highest BCUT2D eigenvalue weighted by molar-refractivity contribution is 6.31. The van der Waals surface area contributed by atoms with Gasteiger partial charge in [-0.3, -0.25) is 0 Å². The van der Waals surface area contributed by atoms with Crippen molar-refractivity contribution in [2.45, 2.75) is 26.3 Å². The number of ether oxygens (including phenoxy) is 1. The van der Waals surface area contributed by atoms with Gasteiger partial charge in [-0.25, -0.2) is 9.48 Å². The van der Waals surface area contributed by atoms with E-state index in [9.17, 15) is 4.79 Å². The van der Waals surface area contributed by atoms with Crippen LogP contribution in [0.25, 0.3) is 0 Å². The Bertz CT molecular complexity index is 656. The van der Waals surface area contributed by atoms with Gasteiger partial charge in [0, 0.05) is 5.02 Å². The van der Waals surface area contributed by atoms with Crippen LogP contribution < -0.4 is 0 Å². The van der Waals surface area contributed by atoms with E-state index in [4.69, 9.17) is 27.9 Å². The standard InChI is InChI=1S/C14H15Cl2N3O2/c1-3-21-14(20)13-12(7-15)19(18-17-13)8-10-5-4-9(2)6-11(10)16/h4-6H,3,7-8H2,1-2H3. The molecule has 0 bridgehead atoms. The van der Waals surface area contributed by atoms with Crippen LogP contribution in [0.2, 0.25) is 5.02 Å². The summed E-state index contributed by atoms with van der Waals surface area (Å²) < 4.78 is 6.50. The van der Waals surface area contributed by atoms with E-state index < -0.39 is 5.97 Å². The number of halogens is 2. The minimum Gasteiger partial charge on any atom is -0.461 e. The summed E-state index contributed by atoms with van der Waals surface area (Å²) in [7, 11) is 0. The van der Waals surface area contributed by atoms with Crippen LogP contribution >= 0.6 is 23.2 Å². The van der Waals surface area contributed by atoms with Gasteiger partial charge in [0.05, 0.1) is 24.7 Å². The van der Waals surface area contributed by atoms with Gasteiger partial charge < -0.3 is 4.74 Å². The van der Waals surface area contributed by atoms with Crippen molar-refractivity contribution in [1.29, 1.82) is 0 Å². The zero-order valence-corrected chi connectivity index (χ0v) is 13.3. The maximum atomic E-state index is 11.8. The lowest BCUT2D eigenvalue weighted by Crippen LogP contribution is -2.10. The second kappa shape index (κ2) is 6.91. The zero-order valence-electron chi connectivity index (χ0n) is 11.8. The van der Waals surface area contributed by atoms with Gasteiger partial charge in [0.15, 0.2) is 5.69 Å². The largest absolute Gasteiger partial charge is 0.461 e. The molecule has 0 saturated carbocycles. The Kier molecular flexibility index (Phi) is 5.20. The predicted molar refractivity (Wildman–Crippen MR) is 80.8 cm³/mol. The highest BCUT2D eigenvalue weighted by Crippen LogP contribution is 2.20. The lowest BCUT2D eigenvalue weighted by Gasteiger charge is -2.08. The maximum absolute atomic E-state index is 11.8. The van der Waals surface area contributed by atoms with Crippen molar-refractivity contribution < 1.29 is 9.53 Å². The summed E-state index contributed by atoms with van der Waals surface area (Å²) in [5.74, 6) is -0.403. The fourth-order valence-electron chi connectivity index (χ4n) is 1.89. The third-order valence-corrected chi connectivity index (χ3v) is 3.57. The van der Waals surface area contributed by atoms with E-state index in [1.165, 1.54) is 0 Å². The van der Waals surface area contributed by atoms with E-state index in [2.05, 4.69) is 10.3 Å². The van der Waals surface area contributed by atoms with Gasteiger partial charge in [-0.2, -0.15) is 0 Å². The van der Waals surface area contributed by atoms with Gasteiger partial charge >= 0.3 is 5.97 Å². The van der Waals surface area contributed by atoms with E-state index >= 15 is 0 Å². The van der Waals surface area contributed by atoms with Crippen molar-refractivity contribution >= 4 is 29.2 Å². The second-order valence-corrected chi connectivity index (χ2v) is 5.17. The molecule has 21 heavy (non-hydrogen) atoms. The van der Waals surface area contributed by atoms with Crippen molar-refractivity contribution in [2.75, 3.05) is 6.61 Å². The molecule has 2 rings (SSSR count). The number of alkyl halides is 1.